The summed E-state index contributed by atoms with van der Waals surface area (Å²) in [5.41, 5.74) is 1.49. The van der Waals surface area contributed by atoms with Gasteiger partial charge in [0.1, 0.15) is 0 Å². The van der Waals surface area contributed by atoms with E-state index in [2.05, 4.69) is 22.6 Å². The zero-order valence-corrected chi connectivity index (χ0v) is 11.9. The number of aromatic nitrogens is 1. The van der Waals surface area contributed by atoms with Gasteiger partial charge >= 0.3 is 0 Å². The molecular formula is C14H22N2OS. The van der Waals surface area contributed by atoms with Gasteiger partial charge in [0.05, 0.1) is 16.3 Å². The molecule has 1 aliphatic heterocycles. The molecule has 0 bridgehead atoms. The second-order valence-corrected chi connectivity index (χ2v) is 6.70. The Morgan fingerprint density at radius 1 is 1.56 bits per heavy atom. The number of rotatable bonds is 4. The Morgan fingerprint density at radius 2 is 2.44 bits per heavy atom. The number of ether oxygens (including phenoxy) is 1. The van der Waals surface area contributed by atoms with E-state index in [1.54, 1.807) is 11.3 Å². The van der Waals surface area contributed by atoms with Crippen LogP contribution in [0.2, 0.25) is 0 Å². The molecule has 2 fully saturated rings. The van der Waals surface area contributed by atoms with Gasteiger partial charge < -0.3 is 10.1 Å². The Bertz CT molecular complexity index is 400. The van der Waals surface area contributed by atoms with Gasteiger partial charge in [-0.05, 0) is 39.0 Å². The third-order valence-electron chi connectivity index (χ3n) is 4.24. The lowest BCUT2D eigenvalue weighted by Gasteiger charge is -2.47. The van der Waals surface area contributed by atoms with E-state index in [1.807, 2.05) is 0 Å². The number of nitrogens with one attached hydrogen (secondary N) is 1. The summed E-state index contributed by atoms with van der Waals surface area (Å²) < 4.78 is 5.95. The van der Waals surface area contributed by atoms with Gasteiger partial charge in [-0.15, -0.1) is 11.3 Å². The number of nitrogens with zero attached hydrogens (tertiary/aromatic N) is 1. The molecule has 1 aliphatic carbocycles. The molecule has 1 unspecified atom stereocenters. The van der Waals surface area contributed by atoms with Gasteiger partial charge in [-0.2, -0.15) is 0 Å². The molecule has 3 rings (SSSR count). The van der Waals surface area contributed by atoms with Crippen LogP contribution in [-0.2, 0) is 11.2 Å². The fourth-order valence-electron chi connectivity index (χ4n) is 3.05. The van der Waals surface area contributed by atoms with Crippen molar-refractivity contribution >= 4 is 11.3 Å². The summed E-state index contributed by atoms with van der Waals surface area (Å²) in [6.07, 6.45) is 7.33. The smallest absolute Gasteiger partial charge is 0.0897 e. The van der Waals surface area contributed by atoms with E-state index in [4.69, 9.17) is 4.74 Å². The molecular weight excluding hydrogens is 244 g/mol. The maximum atomic E-state index is 5.95. The topological polar surface area (TPSA) is 34.2 Å². The largest absolute Gasteiger partial charge is 0.375 e. The number of hydrogen-bond donors (Lipinski definition) is 1. The summed E-state index contributed by atoms with van der Waals surface area (Å²) in [5, 5.41) is 7.03. The van der Waals surface area contributed by atoms with Gasteiger partial charge in [-0.25, -0.2) is 4.98 Å². The van der Waals surface area contributed by atoms with E-state index in [1.165, 1.54) is 36.4 Å². The zero-order chi connectivity index (χ0) is 12.4. The van der Waals surface area contributed by atoms with Gasteiger partial charge in [0.25, 0.3) is 0 Å². The Hall–Kier alpha value is -0.450. The number of hydrogen-bond acceptors (Lipinski definition) is 4. The van der Waals surface area contributed by atoms with Gasteiger partial charge in [0, 0.05) is 31.0 Å². The van der Waals surface area contributed by atoms with Crippen LogP contribution in [0.15, 0.2) is 5.38 Å². The van der Waals surface area contributed by atoms with Crippen LogP contribution >= 0.6 is 11.3 Å². The average Bonchev–Trinajstić information content (AvgIpc) is 2.74. The van der Waals surface area contributed by atoms with E-state index in [0.717, 1.165) is 26.0 Å². The molecule has 2 heterocycles. The van der Waals surface area contributed by atoms with Crippen LogP contribution < -0.4 is 5.32 Å². The first-order valence-electron chi connectivity index (χ1n) is 7.04. The highest BCUT2D eigenvalue weighted by Crippen LogP contribution is 2.42. The SMILES string of the molecule is Cc1nc(CCNC2CCOC3(CCC3)C2)cs1. The molecule has 1 saturated heterocycles. The minimum absolute atomic E-state index is 0.257. The van der Waals surface area contributed by atoms with Crippen molar-refractivity contribution in [1.29, 1.82) is 0 Å². The molecule has 1 atom stereocenters. The van der Waals surface area contributed by atoms with Crippen LogP contribution in [0.3, 0.4) is 0 Å². The van der Waals surface area contributed by atoms with Crippen LogP contribution in [-0.4, -0.2) is 29.8 Å². The molecule has 18 heavy (non-hydrogen) atoms. The van der Waals surface area contributed by atoms with Crippen LogP contribution in [0, 0.1) is 6.92 Å². The maximum absolute atomic E-state index is 5.95. The van der Waals surface area contributed by atoms with Crippen molar-refractivity contribution in [2.75, 3.05) is 13.2 Å². The second-order valence-electron chi connectivity index (χ2n) is 5.64. The standard InChI is InChI=1S/C14H22N2OS/c1-11-16-13(10-18-11)3-7-15-12-4-8-17-14(9-12)5-2-6-14/h10,12,15H,2-9H2,1H3. The average molecular weight is 266 g/mol. The number of aryl methyl sites for hydroxylation is 1. The van der Waals surface area contributed by atoms with Crippen molar-refractivity contribution in [2.45, 2.75) is 57.1 Å². The van der Waals surface area contributed by atoms with Crippen LogP contribution in [0.4, 0.5) is 0 Å². The molecule has 2 aliphatic rings. The van der Waals surface area contributed by atoms with E-state index in [9.17, 15) is 0 Å². The molecule has 1 aromatic heterocycles. The molecule has 0 amide bonds. The van der Waals surface area contributed by atoms with Crippen LogP contribution in [0.1, 0.15) is 42.8 Å². The first-order chi connectivity index (χ1) is 8.76. The fourth-order valence-corrected chi connectivity index (χ4v) is 3.70. The first-order valence-corrected chi connectivity index (χ1v) is 7.92. The van der Waals surface area contributed by atoms with Crippen molar-refractivity contribution in [3.05, 3.63) is 16.1 Å². The maximum Gasteiger partial charge on any atom is 0.0897 e. The molecule has 1 saturated carbocycles. The van der Waals surface area contributed by atoms with Crippen molar-refractivity contribution in [1.82, 2.24) is 10.3 Å². The van der Waals surface area contributed by atoms with Gasteiger partial charge in [-0.3, -0.25) is 0 Å². The molecule has 100 valence electrons. The Kier molecular flexibility index (Phi) is 3.68. The number of thiazole rings is 1. The van der Waals surface area contributed by atoms with Crippen molar-refractivity contribution in [3.8, 4) is 0 Å². The summed E-state index contributed by atoms with van der Waals surface area (Å²) in [6, 6.07) is 0.652. The molecule has 0 radical (unpaired) electrons. The summed E-state index contributed by atoms with van der Waals surface area (Å²) in [4.78, 5) is 4.50. The molecule has 0 aromatic carbocycles. The van der Waals surface area contributed by atoms with Gasteiger partial charge in [-0.1, -0.05) is 0 Å². The highest BCUT2D eigenvalue weighted by Gasteiger charge is 2.42. The molecule has 1 spiro atoms. The molecule has 3 nitrogen and oxygen atoms in total. The lowest BCUT2D eigenvalue weighted by Crippen LogP contribution is -2.51. The fraction of sp³-hybridized carbons (Fsp3) is 0.786. The van der Waals surface area contributed by atoms with Gasteiger partial charge in [0.15, 0.2) is 0 Å². The quantitative estimate of drug-likeness (QED) is 0.910. The highest BCUT2D eigenvalue weighted by atomic mass is 32.1. The summed E-state index contributed by atoms with van der Waals surface area (Å²) in [6.45, 7) is 4.05. The summed E-state index contributed by atoms with van der Waals surface area (Å²) in [5.74, 6) is 0. The third-order valence-corrected chi connectivity index (χ3v) is 5.06. The molecule has 4 heteroatoms. The predicted octanol–water partition coefficient (Wildman–Crippen LogP) is 2.69. The highest BCUT2D eigenvalue weighted by molar-refractivity contribution is 7.09. The van der Waals surface area contributed by atoms with Crippen molar-refractivity contribution in [2.24, 2.45) is 0 Å². The van der Waals surface area contributed by atoms with Crippen LogP contribution in [0.25, 0.3) is 0 Å². The van der Waals surface area contributed by atoms with Crippen molar-refractivity contribution < 1.29 is 4.74 Å². The van der Waals surface area contributed by atoms with E-state index in [-0.39, 0.29) is 5.60 Å². The summed E-state index contributed by atoms with van der Waals surface area (Å²) in [7, 11) is 0. The predicted molar refractivity (Wildman–Crippen MR) is 74.1 cm³/mol. The molecule has 1 N–H and O–H groups in total. The van der Waals surface area contributed by atoms with Gasteiger partial charge in [0.2, 0.25) is 0 Å². The lowest BCUT2D eigenvalue weighted by atomic mass is 9.74. The summed E-state index contributed by atoms with van der Waals surface area (Å²) >= 11 is 1.74. The molecule has 1 aromatic rings. The monoisotopic (exact) mass is 266 g/mol. The lowest BCUT2D eigenvalue weighted by molar-refractivity contribution is -0.135. The van der Waals surface area contributed by atoms with Crippen molar-refractivity contribution in [3.63, 3.8) is 0 Å². The first kappa shape index (κ1) is 12.6. The van der Waals surface area contributed by atoms with E-state index >= 15 is 0 Å². The second kappa shape index (κ2) is 5.27. The van der Waals surface area contributed by atoms with E-state index < -0.39 is 0 Å². The minimum Gasteiger partial charge on any atom is -0.375 e. The minimum atomic E-state index is 0.257. The Morgan fingerprint density at radius 3 is 3.11 bits per heavy atom. The Balaban J connectivity index is 1.43. The Labute approximate surface area is 113 Å². The third kappa shape index (κ3) is 2.76. The van der Waals surface area contributed by atoms with Crippen LogP contribution in [0.5, 0.6) is 0 Å². The zero-order valence-electron chi connectivity index (χ0n) is 11.1. The van der Waals surface area contributed by atoms with E-state index in [0.29, 0.717) is 6.04 Å². The normalized spacial score (nSPS) is 26.2.